The second-order valence-corrected chi connectivity index (χ2v) is 6.73. The van der Waals surface area contributed by atoms with E-state index in [-0.39, 0.29) is 6.10 Å². The monoisotopic (exact) mass is 299 g/mol. The molecule has 0 radical (unpaired) electrons. The third-order valence-corrected chi connectivity index (χ3v) is 5.40. The first kappa shape index (κ1) is 14.2. The van der Waals surface area contributed by atoms with E-state index in [9.17, 15) is 5.11 Å². The lowest BCUT2D eigenvalue weighted by Gasteiger charge is -2.39. The van der Waals surface area contributed by atoms with Gasteiger partial charge in [0.05, 0.1) is 6.10 Å². The highest BCUT2D eigenvalue weighted by atomic mass is 16.3. The van der Waals surface area contributed by atoms with Gasteiger partial charge in [-0.2, -0.15) is 0 Å². The maximum absolute atomic E-state index is 10.1. The molecule has 4 rings (SSSR count). The maximum atomic E-state index is 10.1. The van der Waals surface area contributed by atoms with Gasteiger partial charge in [-0.15, -0.1) is 0 Å². The van der Waals surface area contributed by atoms with E-state index in [1.807, 2.05) is 6.20 Å². The van der Waals surface area contributed by atoms with E-state index >= 15 is 0 Å². The van der Waals surface area contributed by atoms with Gasteiger partial charge in [0.2, 0.25) is 0 Å². The number of aliphatic hydroxyl groups is 1. The minimum absolute atomic E-state index is 0.0971. The highest BCUT2D eigenvalue weighted by Gasteiger charge is 2.32. The summed E-state index contributed by atoms with van der Waals surface area (Å²) in [6.45, 7) is 5.40. The smallest absolute Gasteiger partial charge is 0.0695 e. The van der Waals surface area contributed by atoms with Crippen molar-refractivity contribution in [2.24, 2.45) is 0 Å². The number of aliphatic hydroxyl groups excluding tert-OH is 1. The molecule has 2 N–H and O–H groups in total. The Hall–Kier alpha value is -1.36. The first-order valence-electron chi connectivity index (χ1n) is 8.51. The molecule has 2 aromatic rings. The van der Waals surface area contributed by atoms with Crippen molar-refractivity contribution in [2.45, 2.75) is 38.0 Å². The van der Waals surface area contributed by atoms with Gasteiger partial charge in [0, 0.05) is 55.9 Å². The minimum Gasteiger partial charge on any atom is -0.391 e. The van der Waals surface area contributed by atoms with Gasteiger partial charge in [0.1, 0.15) is 0 Å². The minimum atomic E-state index is -0.0971. The van der Waals surface area contributed by atoms with Gasteiger partial charge in [0.25, 0.3) is 0 Å². The molecule has 118 valence electrons. The van der Waals surface area contributed by atoms with Crippen LogP contribution in [0.25, 0.3) is 10.9 Å². The molecule has 2 fully saturated rings. The number of benzene rings is 1. The molecule has 1 aliphatic carbocycles. The van der Waals surface area contributed by atoms with Crippen LogP contribution in [0.2, 0.25) is 0 Å². The van der Waals surface area contributed by atoms with Crippen LogP contribution in [0.1, 0.15) is 24.8 Å². The molecule has 0 amide bonds. The quantitative estimate of drug-likeness (QED) is 0.913. The van der Waals surface area contributed by atoms with Crippen LogP contribution in [0, 0.1) is 0 Å². The third-order valence-electron chi connectivity index (χ3n) is 5.40. The van der Waals surface area contributed by atoms with Crippen LogP contribution in [0.4, 0.5) is 0 Å². The SMILES string of the molecule is OC1CCCC1N1CCN(Cc2cccc3[nH]ccc23)CC1. The van der Waals surface area contributed by atoms with Gasteiger partial charge >= 0.3 is 0 Å². The summed E-state index contributed by atoms with van der Waals surface area (Å²) in [4.78, 5) is 8.34. The number of rotatable bonds is 3. The fourth-order valence-electron chi connectivity index (χ4n) is 4.13. The molecule has 0 bridgehead atoms. The Morgan fingerprint density at radius 1 is 1.09 bits per heavy atom. The molecule has 1 aromatic heterocycles. The summed E-state index contributed by atoms with van der Waals surface area (Å²) in [5.74, 6) is 0. The van der Waals surface area contributed by atoms with Crippen molar-refractivity contribution in [1.29, 1.82) is 0 Å². The molecule has 4 nitrogen and oxygen atoms in total. The Morgan fingerprint density at radius 3 is 2.73 bits per heavy atom. The second kappa shape index (κ2) is 6.03. The Balaban J connectivity index is 1.39. The average molecular weight is 299 g/mol. The number of aromatic amines is 1. The molecule has 22 heavy (non-hydrogen) atoms. The summed E-state index contributed by atoms with van der Waals surface area (Å²) in [6.07, 6.45) is 5.26. The molecule has 4 heteroatoms. The van der Waals surface area contributed by atoms with Gasteiger partial charge in [-0.3, -0.25) is 9.80 Å². The second-order valence-electron chi connectivity index (χ2n) is 6.73. The van der Waals surface area contributed by atoms with Crippen LogP contribution < -0.4 is 0 Å². The summed E-state index contributed by atoms with van der Waals surface area (Å²) in [7, 11) is 0. The van der Waals surface area contributed by atoms with E-state index in [1.165, 1.54) is 29.3 Å². The van der Waals surface area contributed by atoms with Gasteiger partial charge in [-0.05, 0) is 37.0 Å². The zero-order valence-electron chi connectivity index (χ0n) is 13.0. The standard InChI is InChI=1S/C18H25N3O/c22-18-6-2-5-17(18)21-11-9-20(10-12-21)13-14-3-1-4-16-15(14)7-8-19-16/h1,3-4,7-8,17-19,22H,2,5-6,9-13H2. The predicted molar refractivity (Wildman–Crippen MR) is 88.8 cm³/mol. The molecule has 1 aliphatic heterocycles. The summed E-state index contributed by atoms with van der Waals surface area (Å²) in [5.41, 5.74) is 2.64. The Labute approximate surface area is 131 Å². The number of nitrogens with one attached hydrogen (secondary N) is 1. The van der Waals surface area contributed by atoms with Crippen LogP contribution in [-0.4, -0.2) is 58.2 Å². The van der Waals surface area contributed by atoms with Crippen LogP contribution >= 0.6 is 0 Å². The zero-order valence-corrected chi connectivity index (χ0v) is 13.0. The van der Waals surface area contributed by atoms with Crippen molar-refractivity contribution in [1.82, 2.24) is 14.8 Å². The fraction of sp³-hybridized carbons (Fsp3) is 0.556. The molecule has 2 heterocycles. The Kier molecular flexibility index (Phi) is 3.90. The summed E-state index contributed by atoms with van der Waals surface area (Å²) < 4.78 is 0. The molecule has 1 saturated heterocycles. The first-order valence-corrected chi connectivity index (χ1v) is 8.51. The van der Waals surface area contributed by atoms with Gasteiger partial charge in [-0.1, -0.05) is 12.1 Å². The van der Waals surface area contributed by atoms with E-state index < -0.39 is 0 Å². The van der Waals surface area contributed by atoms with Gasteiger partial charge in [0.15, 0.2) is 0 Å². The topological polar surface area (TPSA) is 42.5 Å². The van der Waals surface area contributed by atoms with Crippen molar-refractivity contribution in [3.05, 3.63) is 36.0 Å². The number of nitrogens with zero attached hydrogens (tertiary/aromatic N) is 2. The van der Waals surface area contributed by atoms with E-state index in [0.29, 0.717) is 6.04 Å². The number of aromatic nitrogens is 1. The number of hydrogen-bond acceptors (Lipinski definition) is 3. The van der Waals surface area contributed by atoms with Crippen LogP contribution in [0.15, 0.2) is 30.5 Å². The Bertz CT molecular complexity index is 630. The Morgan fingerprint density at radius 2 is 1.95 bits per heavy atom. The summed E-state index contributed by atoms with van der Waals surface area (Å²) in [6, 6.07) is 9.10. The highest BCUT2D eigenvalue weighted by Crippen LogP contribution is 2.26. The molecule has 2 unspecified atom stereocenters. The first-order chi connectivity index (χ1) is 10.8. The van der Waals surface area contributed by atoms with E-state index in [4.69, 9.17) is 0 Å². The van der Waals surface area contributed by atoms with Gasteiger partial charge < -0.3 is 10.1 Å². The lowest BCUT2D eigenvalue weighted by molar-refractivity contribution is 0.0337. The van der Waals surface area contributed by atoms with Crippen molar-refractivity contribution < 1.29 is 5.11 Å². The molecule has 2 atom stereocenters. The molecule has 1 aromatic carbocycles. The third kappa shape index (κ3) is 2.67. The molecule has 2 aliphatic rings. The molecule has 0 spiro atoms. The highest BCUT2D eigenvalue weighted by molar-refractivity contribution is 5.82. The van der Waals surface area contributed by atoms with Crippen LogP contribution in [-0.2, 0) is 6.54 Å². The zero-order chi connectivity index (χ0) is 14.9. The van der Waals surface area contributed by atoms with E-state index in [2.05, 4.69) is 39.0 Å². The number of piperazine rings is 1. The van der Waals surface area contributed by atoms with Crippen molar-refractivity contribution in [3.8, 4) is 0 Å². The van der Waals surface area contributed by atoms with Crippen LogP contribution in [0.3, 0.4) is 0 Å². The van der Waals surface area contributed by atoms with Crippen LogP contribution in [0.5, 0.6) is 0 Å². The summed E-state index contributed by atoms with van der Waals surface area (Å²) in [5, 5.41) is 11.4. The molecule has 1 saturated carbocycles. The molecular weight excluding hydrogens is 274 g/mol. The lowest BCUT2D eigenvalue weighted by atomic mass is 10.1. The number of hydrogen-bond donors (Lipinski definition) is 2. The van der Waals surface area contributed by atoms with E-state index in [0.717, 1.165) is 39.1 Å². The van der Waals surface area contributed by atoms with Gasteiger partial charge in [-0.25, -0.2) is 0 Å². The van der Waals surface area contributed by atoms with E-state index in [1.54, 1.807) is 0 Å². The largest absolute Gasteiger partial charge is 0.391 e. The lowest BCUT2D eigenvalue weighted by Crippen LogP contribution is -2.51. The fourth-order valence-corrected chi connectivity index (χ4v) is 4.13. The normalized spacial score (nSPS) is 27.7. The van der Waals surface area contributed by atoms with Crippen molar-refractivity contribution >= 4 is 10.9 Å². The van der Waals surface area contributed by atoms with Crippen molar-refractivity contribution in [3.63, 3.8) is 0 Å². The predicted octanol–water partition coefficient (Wildman–Crippen LogP) is 2.20. The molecular formula is C18H25N3O. The maximum Gasteiger partial charge on any atom is 0.0695 e. The number of H-pyrrole nitrogens is 1. The average Bonchev–Trinajstić information content (AvgIpc) is 3.17. The van der Waals surface area contributed by atoms with Crippen molar-refractivity contribution in [2.75, 3.05) is 26.2 Å². The summed E-state index contributed by atoms with van der Waals surface area (Å²) >= 11 is 0. The number of fused-ring (bicyclic) bond motifs is 1.